The zero-order valence-electron chi connectivity index (χ0n) is 15.0. The predicted octanol–water partition coefficient (Wildman–Crippen LogP) is 2.03. The fourth-order valence-electron chi connectivity index (χ4n) is 3.05. The van der Waals surface area contributed by atoms with Crippen LogP contribution in [-0.4, -0.2) is 36.1 Å². The number of nitrogens with zero attached hydrogens (tertiary/aromatic N) is 1. The lowest BCUT2D eigenvalue weighted by Crippen LogP contribution is -2.20. The Labute approximate surface area is 151 Å². The van der Waals surface area contributed by atoms with Gasteiger partial charge in [-0.3, -0.25) is 9.59 Å². The summed E-state index contributed by atoms with van der Waals surface area (Å²) in [5, 5.41) is 4.35. The molecule has 0 radical (unpaired) electrons. The van der Waals surface area contributed by atoms with Gasteiger partial charge in [0.1, 0.15) is 5.75 Å². The molecule has 138 valence electrons. The molecule has 2 amide bonds. The predicted molar refractivity (Wildman–Crippen MR) is 97.3 cm³/mol. The molecule has 26 heavy (non-hydrogen) atoms. The number of amides is 2. The zero-order chi connectivity index (χ0) is 18.7. The summed E-state index contributed by atoms with van der Waals surface area (Å²) >= 11 is 0. The molecule has 1 aliphatic heterocycles. The van der Waals surface area contributed by atoms with Crippen LogP contribution in [0.25, 0.3) is 10.8 Å². The molecule has 7 heteroatoms. The smallest absolute Gasteiger partial charge is 0.252 e. The average molecular weight is 357 g/mol. The molecule has 3 rings (SSSR count). The number of carbonyl (C=O) groups is 2. The highest BCUT2D eigenvalue weighted by atomic mass is 16.5. The number of carbonyl (C=O) groups excluding carboxylic acids is 2. The lowest BCUT2D eigenvalue weighted by molar-refractivity contribution is -0.122. The van der Waals surface area contributed by atoms with Crippen molar-refractivity contribution in [2.24, 2.45) is 11.7 Å². The molecule has 1 atom stereocenters. The van der Waals surface area contributed by atoms with Gasteiger partial charge in [0.05, 0.1) is 18.3 Å². The normalized spacial score (nSPS) is 16.7. The summed E-state index contributed by atoms with van der Waals surface area (Å²) in [4.78, 5) is 27.7. The first-order valence-electron chi connectivity index (χ1n) is 8.75. The molecule has 0 bridgehead atoms. The van der Waals surface area contributed by atoms with Gasteiger partial charge in [-0.05, 0) is 50.3 Å². The van der Waals surface area contributed by atoms with Crippen LogP contribution in [0.2, 0.25) is 0 Å². The molecule has 1 aromatic heterocycles. The van der Waals surface area contributed by atoms with Gasteiger partial charge in [0.15, 0.2) is 0 Å². The molecule has 2 aromatic rings. The fourth-order valence-corrected chi connectivity index (χ4v) is 3.05. The van der Waals surface area contributed by atoms with Crippen molar-refractivity contribution in [2.45, 2.75) is 32.8 Å². The third-order valence-electron chi connectivity index (χ3n) is 4.32. The standard InChI is InChI=1S/C19H23N3O4/c1-11(2)26-16-10-14-13(9-15(16)17(20)23)4-7-22-19(14)25-8-5-12-3-6-21-18(12)24/h4,7,9-12H,3,5-6,8H2,1-2H3,(H2,20,23)(H,21,24)/t12-/m0/s1. The lowest BCUT2D eigenvalue weighted by atomic mass is 10.1. The molecule has 3 N–H and O–H groups in total. The minimum absolute atomic E-state index is 0.00808. The van der Waals surface area contributed by atoms with Crippen LogP contribution in [0.4, 0.5) is 0 Å². The van der Waals surface area contributed by atoms with E-state index in [9.17, 15) is 9.59 Å². The van der Waals surface area contributed by atoms with Crippen molar-refractivity contribution in [1.29, 1.82) is 0 Å². The number of hydrogen-bond donors (Lipinski definition) is 2. The summed E-state index contributed by atoms with van der Waals surface area (Å²) in [5.74, 6) is 0.386. The first-order valence-corrected chi connectivity index (χ1v) is 8.75. The highest BCUT2D eigenvalue weighted by Gasteiger charge is 2.24. The topological polar surface area (TPSA) is 104 Å². The van der Waals surface area contributed by atoms with Crippen molar-refractivity contribution in [3.8, 4) is 11.6 Å². The quantitative estimate of drug-likeness (QED) is 0.789. The Kier molecular flexibility index (Phi) is 5.25. The van der Waals surface area contributed by atoms with Gasteiger partial charge in [-0.25, -0.2) is 4.98 Å². The van der Waals surface area contributed by atoms with Crippen LogP contribution in [0.1, 0.15) is 37.0 Å². The van der Waals surface area contributed by atoms with E-state index in [1.165, 1.54) is 0 Å². The first kappa shape index (κ1) is 18.0. The van der Waals surface area contributed by atoms with E-state index in [-0.39, 0.29) is 17.9 Å². The molecule has 1 aliphatic rings. The Morgan fingerprint density at radius 1 is 1.42 bits per heavy atom. The Balaban J connectivity index is 1.85. The lowest BCUT2D eigenvalue weighted by Gasteiger charge is -2.15. The van der Waals surface area contributed by atoms with E-state index in [4.69, 9.17) is 15.2 Å². The number of primary amides is 1. The van der Waals surface area contributed by atoms with Crippen molar-refractivity contribution in [1.82, 2.24) is 10.3 Å². The minimum Gasteiger partial charge on any atom is -0.490 e. The summed E-state index contributed by atoms with van der Waals surface area (Å²) in [5.41, 5.74) is 5.80. The first-order chi connectivity index (χ1) is 12.5. The molecule has 0 spiro atoms. The second-order valence-corrected chi connectivity index (χ2v) is 6.63. The van der Waals surface area contributed by atoms with E-state index < -0.39 is 5.91 Å². The molecular formula is C19H23N3O4. The Morgan fingerprint density at radius 3 is 2.88 bits per heavy atom. The number of fused-ring (bicyclic) bond motifs is 1. The van der Waals surface area contributed by atoms with Gasteiger partial charge in [-0.1, -0.05) is 0 Å². The number of nitrogens with one attached hydrogen (secondary N) is 1. The van der Waals surface area contributed by atoms with Crippen LogP contribution in [0.3, 0.4) is 0 Å². The van der Waals surface area contributed by atoms with E-state index in [0.717, 1.165) is 23.7 Å². The van der Waals surface area contributed by atoms with E-state index in [1.807, 2.05) is 13.8 Å². The summed E-state index contributed by atoms with van der Waals surface area (Å²) in [6.45, 7) is 4.87. The number of rotatable bonds is 7. The van der Waals surface area contributed by atoms with Crippen molar-refractivity contribution >= 4 is 22.6 Å². The molecule has 0 aliphatic carbocycles. The van der Waals surface area contributed by atoms with Crippen LogP contribution in [0.15, 0.2) is 24.4 Å². The molecular weight excluding hydrogens is 334 g/mol. The third kappa shape index (κ3) is 3.87. The second-order valence-electron chi connectivity index (χ2n) is 6.63. The number of aromatic nitrogens is 1. The number of pyridine rings is 1. The highest BCUT2D eigenvalue weighted by Crippen LogP contribution is 2.31. The highest BCUT2D eigenvalue weighted by molar-refractivity contribution is 6.01. The van der Waals surface area contributed by atoms with Gasteiger partial charge in [-0.2, -0.15) is 0 Å². The van der Waals surface area contributed by atoms with Crippen LogP contribution in [0.5, 0.6) is 11.6 Å². The maximum absolute atomic E-state index is 11.7. The Morgan fingerprint density at radius 2 is 2.23 bits per heavy atom. The van der Waals surface area contributed by atoms with Gasteiger partial charge in [-0.15, -0.1) is 0 Å². The largest absolute Gasteiger partial charge is 0.490 e. The van der Waals surface area contributed by atoms with Crippen molar-refractivity contribution in [2.75, 3.05) is 13.2 Å². The maximum Gasteiger partial charge on any atom is 0.252 e. The second kappa shape index (κ2) is 7.59. The number of hydrogen-bond acceptors (Lipinski definition) is 5. The van der Waals surface area contributed by atoms with Crippen molar-refractivity contribution in [3.05, 3.63) is 30.0 Å². The molecule has 2 heterocycles. The number of benzene rings is 1. The van der Waals surface area contributed by atoms with E-state index >= 15 is 0 Å². The summed E-state index contributed by atoms with van der Waals surface area (Å²) < 4.78 is 11.6. The zero-order valence-corrected chi connectivity index (χ0v) is 15.0. The molecule has 7 nitrogen and oxygen atoms in total. The number of ether oxygens (including phenoxy) is 2. The third-order valence-corrected chi connectivity index (χ3v) is 4.32. The molecule has 0 saturated carbocycles. The average Bonchev–Trinajstić information content (AvgIpc) is 2.99. The molecule has 0 unspecified atom stereocenters. The van der Waals surface area contributed by atoms with Crippen molar-refractivity contribution < 1.29 is 19.1 Å². The van der Waals surface area contributed by atoms with E-state index in [1.54, 1.807) is 24.4 Å². The SMILES string of the molecule is CC(C)Oc1cc2c(OCC[C@@H]3CCNC3=O)nccc2cc1C(N)=O. The molecule has 1 aromatic carbocycles. The summed E-state index contributed by atoms with van der Waals surface area (Å²) in [7, 11) is 0. The van der Waals surface area contributed by atoms with Gasteiger partial charge in [0.2, 0.25) is 11.8 Å². The van der Waals surface area contributed by atoms with Crippen molar-refractivity contribution in [3.63, 3.8) is 0 Å². The Hall–Kier alpha value is -2.83. The summed E-state index contributed by atoms with van der Waals surface area (Å²) in [6, 6.07) is 5.21. The Bertz CT molecular complexity index is 835. The fraction of sp³-hybridized carbons (Fsp3) is 0.421. The van der Waals surface area contributed by atoms with Crippen LogP contribution < -0.4 is 20.5 Å². The van der Waals surface area contributed by atoms with Gasteiger partial charge in [0.25, 0.3) is 5.91 Å². The maximum atomic E-state index is 11.7. The minimum atomic E-state index is -0.547. The van der Waals surface area contributed by atoms with Gasteiger partial charge < -0.3 is 20.5 Å². The summed E-state index contributed by atoms with van der Waals surface area (Å²) in [6.07, 6.45) is 2.98. The van der Waals surface area contributed by atoms with Crippen LogP contribution >= 0.6 is 0 Å². The van der Waals surface area contributed by atoms with Crippen LogP contribution in [-0.2, 0) is 4.79 Å². The van der Waals surface area contributed by atoms with Gasteiger partial charge in [0, 0.05) is 24.0 Å². The van der Waals surface area contributed by atoms with Gasteiger partial charge >= 0.3 is 0 Å². The molecule has 1 saturated heterocycles. The van der Waals surface area contributed by atoms with E-state index in [0.29, 0.717) is 30.2 Å². The van der Waals surface area contributed by atoms with E-state index in [2.05, 4.69) is 10.3 Å². The monoisotopic (exact) mass is 357 g/mol. The molecule has 1 fully saturated rings. The van der Waals surface area contributed by atoms with Crippen LogP contribution in [0, 0.1) is 5.92 Å². The number of nitrogens with two attached hydrogens (primary N) is 1.